The minimum Gasteiger partial charge on any atom is -0.452 e. The number of rotatable bonds is 5. The summed E-state index contributed by atoms with van der Waals surface area (Å²) in [6.07, 6.45) is 1.03. The number of carbonyl (C=O) groups is 2. The molecular weight excluding hydrogens is 375 g/mol. The van der Waals surface area contributed by atoms with E-state index in [1.165, 1.54) is 14.1 Å². The fourth-order valence-electron chi connectivity index (χ4n) is 3.19. The van der Waals surface area contributed by atoms with Gasteiger partial charge in [0.15, 0.2) is 6.61 Å². The van der Waals surface area contributed by atoms with Gasteiger partial charge in [0, 0.05) is 27.2 Å². The molecule has 1 fully saturated rings. The first-order valence-corrected chi connectivity index (χ1v) is 10.1. The number of hydrogen-bond acceptors (Lipinski definition) is 5. The van der Waals surface area contributed by atoms with Gasteiger partial charge in [0.05, 0.1) is 10.5 Å². The fourth-order valence-corrected chi connectivity index (χ4v) is 4.12. The Morgan fingerprint density at radius 2 is 1.81 bits per heavy atom. The zero-order chi connectivity index (χ0) is 20.4. The number of carbonyl (C=O) groups excluding carboxylic acids is 2. The van der Waals surface area contributed by atoms with Crippen LogP contribution in [-0.2, 0) is 19.6 Å². The first kappa shape index (κ1) is 21.3. The molecule has 0 aliphatic carbocycles. The number of likely N-dealkylation sites (tertiary alicyclic amines) is 1. The maximum atomic E-state index is 14.0. The Balaban J connectivity index is 2.09. The molecule has 1 aliphatic heterocycles. The van der Waals surface area contributed by atoms with Crippen LogP contribution in [0.4, 0.5) is 4.39 Å². The molecule has 27 heavy (non-hydrogen) atoms. The summed E-state index contributed by atoms with van der Waals surface area (Å²) in [6.45, 7) is 4.77. The monoisotopic (exact) mass is 400 g/mol. The third-order valence-corrected chi connectivity index (χ3v) is 6.30. The van der Waals surface area contributed by atoms with Gasteiger partial charge >= 0.3 is 5.97 Å². The van der Waals surface area contributed by atoms with E-state index in [9.17, 15) is 22.4 Å². The molecule has 1 aromatic rings. The van der Waals surface area contributed by atoms with E-state index in [4.69, 9.17) is 4.74 Å². The van der Waals surface area contributed by atoms with Crippen LogP contribution in [0.1, 0.15) is 30.6 Å². The molecule has 0 aromatic heterocycles. The average Bonchev–Trinajstić information content (AvgIpc) is 2.58. The first-order valence-electron chi connectivity index (χ1n) is 8.69. The first-order chi connectivity index (χ1) is 12.5. The van der Waals surface area contributed by atoms with Crippen molar-refractivity contribution in [3.63, 3.8) is 0 Å². The second-order valence-electron chi connectivity index (χ2n) is 7.25. The van der Waals surface area contributed by atoms with E-state index >= 15 is 0 Å². The summed E-state index contributed by atoms with van der Waals surface area (Å²) < 4.78 is 44.2. The number of hydrogen-bond donors (Lipinski definition) is 0. The predicted octanol–water partition coefficient (Wildman–Crippen LogP) is 1.74. The van der Waals surface area contributed by atoms with Crippen molar-refractivity contribution in [3.05, 3.63) is 29.6 Å². The van der Waals surface area contributed by atoms with Crippen LogP contribution < -0.4 is 0 Å². The van der Waals surface area contributed by atoms with Crippen LogP contribution in [0.15, 0.2) is 23.1 Å². The van der Waals surface area contributed by atoms with E-state index in [2.05, 4.69) is 0 Å². The number of halogens is 1. The van der Waals surface area contributed by atoms with Crippen molar-refractivity contribution in [1.29, 1.82) is 0 Å². The Labute approximate surface area is 159 Å². The second-order valence-corrected chi connectivity index (χ2v) is 9.40. The maximum Gasteiger partial charge on any atom is 0.341 e. The Bertz CT molecular complexity index is 815. The Kier molecular flexibility index (Phi) is 6.59. The molecule has 7 nitrogen and oxygen atoms in total. The summed E-state index contributed by atoms with van der Waals surface area (Å²) in [7, 11) is -1.17. The lowest BCUT2D eigenvalue weighted by atomic mass is 9.92. The molecule has 0 unspecified atom stereocenters. The van der Waals surface area contributed by atoms with E-state index < -0.39 is 34.0 Å². The van der Waals surface area contributed by atoms with E-state index in [1.54, 1.807) is 4.90 Å². The van der Waals surface area contributed by atoms with Crippen molar-refractivity contribution in [2.75, 3.05) is 33.8 Å². The number of esters is 1. The van der Waals surface area contributed by atoms with Crippen LogP contribution in [0.25, 0.3) is 0 Å². The van der Waals surface area contributed by atoms with Crippen molar-refractivity contribution in [3.8, 4) is 0 Å². The molecule has 0 spiro atoms. The van der Waals surface area contributed by atoms with Gasteiger partial charge in [-0.2, -0.15) is 0 Å². The van der Waals surface area contributed by atoms with Crippen LogP contribution in [-0.4, -0.2) is 63.3 Å². The molecule has 9 heteroatoms. The lowest BCUT2D eigenvalue weighted by molar-refractivity contribution is -0.137. The molecule has 150 valence electrons. The van der Waals surface area contributed by atoms with Crippen molar-refractivity contribution in [2.45, 2.75) is 25.2 Å². The van der Waals surface area contributed by atoms with Crippen LogP contribution in [0.5, 0.6) is 0 Å². The zero-order valence-corrected chi connectivity index (χ0v) is 16.8. The summed E-state index contributed by atoms with van der Waals surface area (Å²) in [5.41, 5.74) is -0.522. The summed E-state index contributed by atoms with van der Waals surface area (Å²) in [5, 5.41) is 0. The zero-order valence-electron chi connectivity index (χ0n) is 15.9. The minimum atomic E-state index is -3.83. The van der Waals surface area contributed by atoms with Crippen LogP contribution in [0.2, 0.25) is 0 Å². The summed E-state index contributed by atoms with van der Waals surface area (Å²) in [6, 6.07) is 2.88. The van der Waals surface area contributed by atoms with Gasteiger partial charge < -0.3 is 9.64 Å². The highest BCUT2D eigenvalue weighted by molar-refractivity contribution is 7.89. The topological polar surface area (TPSA) is 84.0 Å². The normalized spacial score (nSPS) is 20.6. The lowest BCUT2D eigenvalue weighted by Crippen LogP contribution is -2.44. The quantitative estimate of drug-likeness (QED) is 0.703. The molecule has 0 N–H and O–H groups in total. The van der Waals surface area contributed by atoms with Crippen molar-refractivity contribution in [2.24, 2.45) is 11.8 Å². The molecule has 1 saturated heterocycles. The van der Waals surface area contributed by atoms with Crippen LogP contribution in [0, 0.1) is 17.7 Å². The van der Waals surface area contributed by atoms with E-state index in [-0.39, 0.29) is 10.8 Å². The summed E-state index contributed by atoms with van der Waals surface area (Å²) in [5.74, 6) is -1.61. The highest BCUT2D eigenvalue weighted by atomic mass is 32.2. The number of piperidine rings is 1. The molecule has 1 aromatic carbocycles. The Morgan fingerprint density at radius 1 is 1.22 bits per heavy atom. The largest absolute Gasteiger partial charge is 0.452 e. The molecule has 1 heterocycles. The van der Waals surface area contributed by atoms with Gasteiger partial charge in [-0.05, 0) is 36.5 Å². The van der Waals surface area contributed by atoms with Gasteiger partial charge in [-0.3, -0.25) is 4.79 Å². The summed E-state index contributed by atoms with van der Waals surface area (Å²) in [4.78, 5) is 25.9. The Hall–Kier alpha value is -2.00. The van der Waals surface area contributed by atoms with Crippen molar-refractivity contribution in [1.82, 2.24) is 9.21 Å². The van der Waals surface area contributed by atoms with Gasteiger partial charge in [0.1, 0.15) is 5.82 Å². The number of nitrogens with zero attached hydrogens (tertiary/aromatic N) is 2. The number of benzene rings is 1. The third kappa shape index (κ3) is 5.04. The third-order valence-electron chi connectivity index (χ3n) is 4.48. The predicted molar refractivity (Wildman–Crippen MR) is 97.1 cm³/mol. The van der Waals surface area contributed by atoms with E-state index in [0.29, 0.717) is 24.9 Å². The second kappa shape index (κ2) is 8.35. The highest BCUT2D eigenvalue weighted by Crippen LogP contribution is 2.21. The molecule has 0 saturated carbocycles. The van der Waals surface area contributed by atoms with Crippen molar-refractivity contribution < 1.29 is 27.1 Å². The minimum absolute atomic E-state index is 0.231. The van der Waals surface area contributed by atoms with E-state index in [0.717, 1.165) is 28.9 Å². The molecule has 0 bridgehead atoms. The van der Waals surface area contributed by atoms with Crippen LogP contribution in [0.3, 0.4) is 0 Å². The molecule has 0 radical (unpaired) electrons. The smallest absolute Gasteiger partial charge is 0.341 e. The van der Waals surface area contributed by atoms with Gasteiger partial charge in [-0.15, -0.1) is 0 Å². The van der Waals surface area contributed by atoms with Gasteiger partial charge in [-0.25, -0.2) is 21.9 Å². The Morgan fingerprint density at radius 3 is 2.37 bits per heavy atom. The van der Waals surface area contributed by atoms with Gasteiger partial charge in [0.2, 0.25) is 10.0 Å². The van der Waals surface area contributed by atoms with Crippen molar-refractivity contribution >= 4 is 21.9 Å². The van der Waals surface area contributed by atoms with E-state index in [1.807, 2.05) is 13.8 Å². The average molecular weight is 400 g/mol. The molecule has 2 atom stereocenters. The molecular formula is C18H25FN2O5S. The standard InChI is InChI=1S/C18H25FN2O5S/c1-12-7-13(2)10-21(9-12)17(22)11-26-18(23)15-8-14(5-6-16(15)19)27(24,25)20(3)4/h5-6,8,12-13H,7,9-11H2,1-4H3/t12-,13-/m1/s1. The number of amides is 1. The SMILES string of the molecule is C[C@@H]1C[C@@H](C)CN(C(=O)COC(=O)c2cc(S(=O)(=O)N(C)C)ccc2F)C1. The molecule has 2 rings (SSSR count). The lowest BCUT2D eigenvalue weighted by Gasteiger charge is -2.34. The van der Waals surface area contributed by atoms with Gasteiger partial charge in [-0.1, -0.05) is 13.8 Å². The summed E-state index contributed by atoms with van der Waals surface area (Å²) >= 11 is 0. The number of sulfonamides is 1. The van der Waals surface area contributed by atoms with Gasteiger partial charge in [0.25, 0.3) is 5.91 Å². The molecule has 1 aliphatic rings. The maximum absolute atomic E-state index is 14.0. The number of ether oxygens (including phenoxy) is 1. The van der Waals surface area contributed by atoms with Crippen LogP contribution >= 0.6 is 0 Å². The fraction of sp³-hybridized carbons (Fsp3) is 0.556. The highest BCUT2D eigenvalue weighted by Gasteiger charge is 2.27. The molecule has 1 amide bonds.